The van der Waals surface area contributed by atoms with E-state index in [2.05, 4.69) is 26.8 Å². The molecular weight excluding hydrogens is 410 g/mol. The van der Waals surface area contributed by atoms with Gasteiger partial charge in [-0.15, -0.1) is 28.1 Å². The Kier molecular flexibility index (Phi) is 5.31. The SMILES string of the molecule is CN(c1[nH+]c(N2CC(OC(=O)c3cscn3)C2)nc2c1SCC2)C1CCOCC1. The zero-order valence-electron chi connectivity index (χ0n) is 16.3. The monoisotopic (exact) mass is 434 g/mol. The Morgan fingerprint density at radius 3 is 2.97 bits per heavy atom. The third-order valence-electron chi connectivity index (χ3n) is 5.69. The predicted molar refractivity (Wildman–Crippen MR) is 111 cm³/mol. The molecule has 5 rings (SSSR count). The molecule has 2 saturated heterocycles. The average molecular weight is 435 g/mol. The molecule has 0 spiro atoms. The third-order valence-corrected chi connectivity index (χ3v) is 7.40. The quantitative estimate of drug-likeness (QED) is 0.658. The van der Waals surface area contributed by atoms with Crippen LogP contribution >= 0.6 is 23.1 Å². The summed E-state index contributed by atoms with van der Waals surface area (Å²) in [5.41, 5.74) is 3.19. The number of H-pyrrole nitrogens is 1. The molecule has 0 unspecified atom stereocenters. The molecule has 0 radical (unpaired) electrons. The molecule has 8 nitrogen and oxygen atoms in total. The Labute approximate surface area is 177 Å². The molecule has 3 aliphatic heterocycles. The summed E-state index contributed by atoms with van der Waals surface area (Å²) in [6, 6.07) is 0.476. The molecule has 0 amide bonds. The van der Waals surface area contributed by atoms with Gasteiger partial charge in [-0.25, -0.2) is 14.8 Å². The van der Waals surface area contributed by atoms with E-state index in [0.717, 1.165) is 50.0 Å². The highest BCUT2D eigenvalue weighted by atomic mass is 32.2. The van der Waals surface area contributed by atoms with Crippen molar-refractivity contribution < 1.29 is 19.3 Å². The van der Waals surface area contributed by atoms with Crippen LogP contribution < -0.4 is 14.8 Å². The molecule has 0 bridgehead atoms. The molecule has 0 aromatic carbocycles. The van der Waals surface area contributed by atoms with Crippen LogP contribution in [0.25, 0.3) is 0 Å². The summed E-state index contributed by atoms with van der Waals surface area (Å²) in [5, 5.41) is 1.71. The van der Waals surface area contributed by atoms with Gasteiger partial charge in [0.1, 0.15) is 10.6 Å². The van der Waals surface area contributed by atoms with Crippen LogP contribution in [0.5, 0.6) is 0 Å². The molecule has 1 N–H and O–H groups in total. The first-order valence-electron chi connectivity index (χ1n) is 9.92. The largest absolute Gasteiger partial charge is 0.452 e. The zero-order chi connectivity index (χ0) is 19.8. The minimum atomic E-state index is -0.349. The molecule has 2 aromatic heterocycles. The second kappa shape index (κ2) is 8.08. The van der Waals surface area contributed by atoms with Gasteiger partial charge in [0, 0.05) is 50.7 Å². The van der Waals surface area contributed by atoms with Crippen LogP contribution in [0, 0.1) is 0 Å². The number of aryl methyl sites for hydroxylation is 1. The number of rotatable bonds is 5. The molecule has 0 aliphatic carbocycles. The number of anilines is 2. The number of carbonyl (C=O) groups excluding carboxylic acids is 1. The van der Waals surface area contributed by atoms with Gasteiger partial charge in [0.15, 0.2) is 11.8 Å². The maximum Gasteiger partial charge on any atom is 0.358 e. The Bertz CT molecular complexity index is 882. The predicted octanol–water partition coefficient (Wildman–Crippen LogP) is 1.66. The van der Waals surface area contributed by atoms with E-state index in [1.807, 2.05) is 11.8 Å². The second-order valence-corrected chi connectivity index (χ2v) is 9.37. The number of aromatic nitrogens is 3. The number of nitrogens with zero attached hydrogens (tertiary/aromatic N) is 4. The fourth-order valence-corrected chi connectivity index (χ4v) is 5.61. The Morgan fingerprint density at radius 2 is 2.21 bits per heavy atom. The van der Waals surface area contributed by atoms with Crippen molar-refractivity contribution in [1.29, 1.82) is 0 Å². The molecule has 3 aliphatic rings. The van der Waals surface area contributed by atoms with Gasteiger partial charge in [-0.1, -0.05) is 0 Å². The Balaban J connectivity index is 1.29. The fourth-order valence-electron chi connectivity index (χ4n) is 3.94. The van der Waals surface area contributed by atoms with Gasteiger partial charge >= 0.3 is 11.9 Å². The van der Waals surface area contributed by atoms with Crippen LogP contribution in [-0.4, -0.2) is 67.2 Å². The standard InChI is InChI=1S/C19H23N5O3S2/c1-23(12-2-5-26-6-3-12)17-16-14(4-7-29-16)21-19(22-17)24-8-13(9-24)27-18(25)15-10-28-11-20-15/h10-13H,2-9H2,1H3/p+1. The van der Waals surface area contributed by atoms with Crippen molar-refractivity contribution in [3.8, 4) is 0 Å². The van der Waals surface area contributed by atoms with Crippen LogP contribution in [0.2, 0.25) is 0 Å². The van der Waals surface area contributed by atoms with Crippen LogP contribution in [0.3, 0.4) is 0 Å². The number of thiazole rings is 1. The van der Waals surface area contributed by atoms with E-state index in [1.165, 1.54) is 21.9 Å². The first kappa shape index (κ1) is 19.1. The maximum absolute atomic E-state index is 12.1. The summed E-state index contributed by atoms with van der Waals surface area (Å²) in [4.78, 5) is 30.3. The van der Waals surface area contributed by atoms with Crippen molar-refractivity contribution in [2.75, 3.05) is 48.9 Å². The Morgan fingerprint density at radius 1 is 1.38 bits per heavy atom. The second-order valence-electron chi connectivity index (χ2n) is 7.54. The highest BCUT2D eigenvalue weighted by Gasteiger charge is 2.39. The average Bonchev–Trinajstić information content (AvgIpc) is 3.41. The normalized spacial score (nSPS) is 19.7. The lowest BCUT2D eigenvalue weighted by molar-refractivity contribution is -0.359. The zero-order valence-corrected chi connectivity index (χ0v) is 17.9. The van der Waals surface area contributed by atoms with Crippen LogP contribution in [0.1, 0.15) is 29.0 Å². The number of thioether (sulfide) groups is 1. The molecular formula is C19H24N5O3S2+. The van der Waals surface area contributed by atoms with E-state index in [4.69, 9.17) is 14.5 Å². The van der Waals surface area contributed by atoms with Crippen molar-refractivity contribution in [2.45, 2.75) is 36.3 Å². The lowest BCUT2D eigenvalue weighted by atomic mass is 10.1. The Hall–Kier alpha value is -1.91. The number of carbonyl (C=O) groups is 1. The number of esters is 1. The van der Waals surface area contributed by atoms with Gasteiger partial charge in [-0.3, -0.25) is 4.90 Å². The summed E-state index contributed by atoms with van der Waals surface area (Å²) in [5.74, 6) is 2.74. The third kappa shape index (κ3) is 3.80. The van der Waals surface area contributed by atoms with Crippen LogP contribution in [0.4, 0.5) is 11.8 Å². The minimum absolute atomic E-state index is 0.126. The number of ether oxygens (including phenoxy) is 2. The van der Waals surface area contributed by atoms with Crippen LogP contribution in [-0.2, 0) is 15.9 Å². The minimum Gasteiger partial charge on any atom is -0.452 e. The van der Waals surface area contributed by atoms with Crippen molar-refractivity contribution in [2.24, 2.45) is 0 Å². The van der Waals surface area contributed by atoms with Gasteiger partial charge in [0.05, 0.1) is 24.6 Å². The molecule has 10 heteroatoms. The lowest BCUT2D eigenvalue weighted by Gasteiger charge is -2.35. The van der Waals surface area contributed by atoms with E-state index in [-0.39, 0.29) is 12.1 Å². The number of aromatic amines is 1. The number of hydrogen-bond acceptors (Lipinski definition) is 9. The molecule has 2 aromatic rings. The fraction of sp³-hybridized carbons (Fsp3) is 0.579. The van der Waals surface area contributed by atoms with Gasteiger partial charge in [0.25, 0.3) is 0 Å². The van der Waals surface area contributed by atoms with E-state index < -0.39 is 0 Å². The number of nitrogens with one attached hydrogen (secondary N) is 1. The van der Waals surface area contributed by atoms with Crippen molar-refractivity contribution in [3.63, 3.8) is 0 Å². The molecule has 29 heavy (non-hydrogen) atoms. The smallest absolute Gasteiger partial charge is 0.358 e. The summed E-state index contributed by atoms with van der Waals surface area (Å²) in [6.07, 6.45) is 2.95. The van der Waals surface area contributed by atoms with E-state index in [1.54, 1.807) is 10.9 Å². The highest BCUT2D eigenvalue weighted by molar-refractivity contribution is 7.99. The lowest BCUT2D eigenvalue weighted by Crippen LogP contribution is -2.55. The number of hydrogen-bond donors (Lipinski definition) is 0. The summed E-state index contributed by atoms with van der Waals surface area (Å²) in [6.45, 7) is 2.93. The highest BCUT2D eigenvalue weighted by Crippen LogP contribution is 2.37. The summed E-state index contributed by atoms with van der Waals surface area (Å²) < 4.78 is 11.1. The summed E-state index contributed by atoms with van der Waals surface area (Å²) in [7, 11) is 2.17. The van der Waals surface area contributed by atoms with E-state index in [9.17, 15) is 4.79 Å². The van der Waals surface area contributed by atoms with Gasteiger partial charge in [-0.05, 0) is 0 Å². The summed E-state index contributed by atoms with van der Waals surface area (Å²) >= 11 is 3.27. The maximum atomic E-state index is 12.1. The van der Waals surface area contributed by atoms with Crippen molar-refractivity contribution >= 4 is 40.8 Å². The molecule has 0 saturated carbocycles. The van der Waals surface area contributed by atoms with Gasteiger partial charge < -0.3 is 14.4 Å². The van der Waals surface area contributed by atoms with Crippen molar-refractivity contribution in [3.05, 3.63) is 22.3 Å². The molecule has 5 heterocycles. The van der Waals surface area contributed by atoms with Gasteiger partial charge in [-0.2, -0.15) is 0 Å². The van der Waals surface area contributed by atoms with E-state index >= 15 is 0 Å². The number of fused-ring (bicyclic) bond motifs is 1. The molecule has 154 valence electrons. The van der Waals surface area contributed by atoms with E-state index in [0.29, 0.717) is 24.8 Å². The molecule has 0 atom stereocenters. The first-order valence-corrected chi connectivity index (χ1v) is 11.9. The topological polar surface area (TPSA) is 81.9 Å². The van der Waals surface area contributed by atoms with Gasteiger partial charge in [0.2, 0.25) is 5.82 Å². The molecule has 2 fully saturated rings. The van der Waals surface area contributed by atoms with Crippen LogP contribution in [0.15, 0.2) is 15.8 Å². The first-order chi connectivity index (χ1) is 14.2. The van der Waals surface area contributed by atoms with Crippen molar-refractivity contribution in [1.82, 2.24) is 9.97 Å².